The first kappa shape index (κ1) is 23.9. The van der Waals surface area contributed by atoms with Crippen LogP contribution in [0.1, 0.15) is 30.9 Å². The van der Waals surface area contributed by atoms with Gasteiger partial charge in [-0.1, -0.05) is 42.8 Å². The number of carbonyl (C=O) groups is 2. The minimum atomic E-state index is -0.218. The Morgan fingerprint density at radius 2 is 1.88 bits per heavy atom. The Bertz CT molecular complexity index is 945. The Morgan fingerprint density at radius 1 is 1.16 bits per heavy atom. The van der Waals surface area contributed by atoms with Gasteiger partial charge in [0.2, 0.25) is 5.91 Å². The number of anilines is 1. The van der Waals surface area contributed by atoms with E-state index in [1.807, 2.05) is 12.1 Å². The van der Waals surface area contributed by atoms with Crippen LogP contribution in [-0.2, 0) is 17.9 Å². The molecule has 0 atom stereocenters. The lowest BCUT2D eigenvalue weighted by molar-refractivity contribution is -0.121. The largest absolute Gasteiger partial charge is 0.506 e. The lowest BCUT2D eigenvalue weighted by Gasteiger charge is -2.31. The number of nitrogens with zero attached hydrogens (tertiary/aromatic N) is 2. The van der Waals surface area contributed by atoms with Crippen LogP contribution in [0.3, 0.4) is 0 Å². The van der Waals surface area contributed by atoms with Crippen molar-refractivity contribution >= 4 is 29.2 Å². The van der Waals surface area contributed by atoms with Crippen LogP contribution in [0.5, 0.6) is 5.75 Å². The minimum Gasteiger partial charge on any atom is -0.506 e. The number of piperidine rings is 1. The summed E-state index contributed by atoms with van der Waals surface area (Å²) in [4.78, 5) is 29.1. The molecule has 1 aliphatic rings. The topological polar surface area (TPSA) is 84.9 Å². The number of likely N-dealkylation sites (tertiary alicyclic amines) is 1. The van der Waals surface area contributed by atoms with E-state index in [0.717, 1.165) is 18.7 Å². The zero-order valence-corrected chi connectivity index (χ0v) is 19.4. The Morgan fingerprint density at radius 3 is 2.59 bits per heavy atom. The first-order valence-corrected chi connectivity index (χ1v) is 11.3. The first-order chi connectivity index (χ1) is 15.4. The highest BCUT2D eigenvalue weighted by molar-refractivity contribution is 6.31. The molecular weight excluding hydrogens is 428 g/mol. The zero-order chi connectivity index (χ0) is 23.1. The van der Waals surface area contributed by atoms with Crippen LogP contribution in [-0.4, -0.2) is 53.5 Å². The fourth-order valence-electron chi connectivity index (χ4n) is 3.74. The SMILES string of the molecule is CCN(C)Cc1cccc(CNC(=O)N2CCC(C(=O)Nc3cc(Cl)ccc3O)CC2)c1. The van der Waals surface area contributed by atoms with Crippen LogP contribution < -0.4 is 10.6 Å². The summed E-state index contributed by atoms with van der Waals surface area (Å²) in [6.07, 6.45) is 1.14. The van der Waals surface area contributed by atoms with Crippen molar-refractivity contribution in [2.45, 2.75) is 32.9 Å². The van der Waals surface area contributed by atoms with E-state index in [2.05, 4.69) is 41.6 Å². The van der Waals surface area contributed by atoms with E-state index in [4.69, 9.17) is 11.6 Å². The van der Waals surface area contributed by atoms with E-state index in [-0.39, 0.29) is 23.6 Å². The number of hydrogen-bond acceptors (Lipinski definition) is 4. The molecule has 3 amide bonds. The Labute approximate surface area is 194 Å². The van der Waals surface area contributed by atoms with E-state index in [9.17, 15) is 14.7 Å². The predicted octanol–water partition coefficient (Wildman–Crippen LogP) is 4.06. The molecule has 32 heavy (non-hydrogen) atoms. The van der Waals surface area contributed by atoms with Gasteiger partial charge in [-0.2, -0.15) is 0 Å². The van der Waals surface area contributed by atoms with Crippen molar-refractivity contribution in [3.05, 3.63) is 58.6 Å². The average molecular weight is 459 g/mol. The number of benzene rings is 2. The lowest BCUT2D eigenvalue weighted by atomic mass is 9.96. The summed E-state index contributed by atoms with van der Waals surface area (Å²) in [5, 5.41) is 16.0. The molecule has 0 aromatic heterocycles. The lowest BCUT2D eigenvalue weighted by Crippen LogP contribution is -2.45. The molecule has 0 saturated carbocycles. The van der Waals surface area contributed by atoms with Crippen molar-refractivity contribution in [3.8, 4) is 5.75 Å². The summed E-state index contributed by atoms with van der Waals surface area (Å²) in [7, 11) is 2.08. The molecule has 1 aliphatic heterocycles. The maximum atomic E-state index is 12.6. The molecule has 172 valence electrons. The summed E-state index contributed by atoms with van der Waals surface area (Å²) in [5.74, 6) is -0.411. The van der Waals surface area contributed by atoms with E-state index in [0.29, 0.717) is 43.2 Å². The number of amides is 3. The van der Waals surface area contributed by atoms with Gasteiger partial charge in [0.25, 0.3) is 0 Å². The van der Waals surface area contributed by atoms with Gasteiger partial charge in [0, 0.05) is 37.1 Å². The molecule has 0 bridgehead atoms. The number of carbonyl (C=O) groups excluding carboxylic acids is 2. The van der Waals surface area contributed by atoms with Crippen LogP contribution >= 0.6 is 11.6 Å². The van der Waals surface area contributed by atoms with Crippen LogP contribution in [0.25, 0.3) is 0 Å². The number of hydrogen-bond donors (Lipinski definition) is 3. The fraction of sp³-hybridized carbons (Fsp3) is 0.417. The highest BCUT2D eigenvalue weighted by atomic mass is 35.5. The molecule has 0 spiro atoms. The van der Waals surface area contributed by atoms with Crippen molar-refractivity contribution < 1.29 is 14.7 Å². The molecule has 0 aliphatic carbocycles. The highest BCUT2D eigenvalue weighted by Gasteiger charge is 2.27. The molecular formula is C24H31ClN4O3. The Hall–Kier alpha value is -2.77. The predicted molar refractivity (Wildman–Crippen MR) is 127 cm³/mol. The summed E-state index contributed by atoms with van der Waals surface area (Å²) in [5.41, 5.74) is 2.59. The second-order valence-corrected chi connectivity index (χ2v) is 8.66. The molecule has 3 N–H and O–H groups in total. The van der Waals surface area contributed by atoms with E-state index in [1.54, 1.807) is 11.0 Å². The molecule has 7 nitrogen and oxygen atoms in total. The highest BCUT2D eigenvalue weighted by Crippen LogP contribution is 2.28. The van der Waals surface area contributed by atoms with E-state index >= 15 is 0 Å². The number of rotatable bonds is 7. The second-order valence-electron chi connectivity index (χ2n) is 8.22. The third-order valence-electron chi connectivity index (χ3n) is 5.80. The molecule has 1 fully saturated rings. The van der Waals surface area contributed by atoms with Gasteiger partial charge in [-0.15, -0.1) is 0 Å². The molecule has 8 heteroatoms. The summed E-state index contributed by atoms with van der Waals surface area (Å²) in [6, 6.07) is 12.6. The quantitative estimate of drug-likeness (QED) is 0.546. The molecule has 2 aromatic rings. The number of phenolic OH excluding ortho intramolecular Hbond substituents is 1. The van der Waals surface area contributed by atoms with Crippen LogP contribution in [0.2, 0.25) is 5.02 Å². The van der Waals surface area contributed by atoms with E-state index in [1.165, 1.54) is 17.7 Å². The third-order valence-corrected chi connectivity index (χ3v) is 6.03. The monoisotopic (exact) mass is 458 g/mol. The van der Waals surface area contributed by atoms with Crippen molar-refractivity contribution in [3.63, 3.8) is 0 Å². The van der Waals surface area contributed by atoms with Gasteiger partial charge in [-0.05, 0) is 55.8 Å². The van der Waals surface area contributed by atoms with Gasteiger partial charge in [0.1, 0.15) is 5.75 Å². The third kappa shape index (κ3) is 6.61. The van der Waals surface area contributed by atoms with Crippen LogP contribution in [0.15, 0.2) is 42.5 Å². The maximum Gasteiger partial charge on any atom is 0.317 e. The van der Waals surface area contributed by atoms with Crippen LogP contribution in [0, 0.1) is 5.92 Å². The normalized spacial score (nSPS) is 14.4. The van der Waals surface area contributed by atoms with Gasteiger partial charge in [-0.25, -0.2) is 4.79 Å². The Balaban J connectivity index is 1.46. The van der Waals surface area contributed by atoms with Crippen molar-refractivity contribution in [2.75, 3.05) is 32.0 Å². The molecule has 2 aromatic carbocycles. The smallest absolute Gasteiger partial charge is 0.317 e. The summed E-state index contributed by atoms with van der Waals surface area (Å²) >= 11 is 5.94. The van der Waals surface area contributed by atoms with Gasteiger partial charge in [0.05, 0.1) is 5.69 Å². The van der Waals surface area contributed by atoms with Gasteiger partial charge >= 0.3 is 6.03 Å². The van der Waals surface area contributed by atoms with Crippen molar-refractivity contribution in [1.82, 2.24) is 15.1 Å². The Kier molecular flexibility index (Phi) is 8.36. The van der Waals surface area contributed by atoms with Crippen molar-refractivity contribution in [2.24, 2.45) is 5.92 Å². The average Bonchev–Trinajstić information content (AvgIpc) is 2.80. The number of urea groups is 1. The molecule has 3 rings (SSSR count). The number of phenols is 1. The van der Waals surface area contributed by atoms with Crippen LogP contribution in [0.4, 0.5) is 10.5 Å². The number of nitrogens with one attached hydrogen (secondary N) is 2. The van der Waals surface area contributed by atoms with E-state index < -0.39 is 0 Å². The maximum absolute atomic E-state index is 12.6. The van der Waals surface area contributed by atoms with Gasteiger partial charge in [0.15, 0.2) is 0 Å². The fourth-order valence-corrected chi connectivity index (χ4v) is 3.91. The molecule has 0 unspecified atom stereocenters. The molecule has 0 radical (unpaired) electrons. The first-order valence-electron chi connectivity index (χ1n) is 10.9. The molecule has 1 saturated heterocycles. The van der Waals surface area contributed by atoms with Crippen molar-refractivity contribution in [1.29, 1.82) is 0 Å². The number of halogens is 1. The zero-order valence-electron chi connectivity index (χ0n) is 18.6. The summed E-state index contributed by atoms with van der Waals surface area (Å²) < 4.78 is 0. The standard InChI is InChI=1S/C24H31ClN4O3/c1-3-28(2)16-18-6-4-5-17(13-18)15-26-24(32)29-11-9-19(10-12-29)23(31)27-21-14-20(25)7-8-22(21)30/h4-8,13-14,19,30H,3,9-12,15-16H2,1-2H3,(H,26,32)(H,27,31). The second kappa shape index (κ2) is 11.2. The summed E-state index contributed by atoms with van der Waals surface area (Å²) in [6.45, 7) is 5.46. The minimum absolute atomic E-state index is 0.0232. The van der Waals surface area contributed by atoms with Gasteiger partial charge in [-0.3, -0.25) is 4.79 Å². The molecule has 1 heterocycles. The number of aromatic hydroxyl groups is 1. The van der Waals surface area contributed by atoms with Gasteiger partial charge < -0.3 is 25.5 Å².